The van der Waals surface area contributed by atoms with Gasteiger partial charge in [-0.2, -0.15) is 4.31 Å². The molecule has 0 saturated carbocycles. The Morgan fingerprint density at radius 2 is 1.79 bits per heavy atom. The minimum atomic E-state index is -4.08. The smallest absolute Gasteiger partial charge is 0.321 e. The van der Waals surface area contributed by atoms with E-state index in [4.69, 9.17) is 9.94 Å². The minimum Gasteiger partial charge on any atom is -0.458 e. The van der Waals surface area contributed by atoms with Gasteiger partial charge in [0, 0.05) is 38.5 Å². The maximum atomic E-state index is 14.3. The standard InChI is InChI=1S/C37H50N6O8S2/c1-6-26(4)35(43-17-16-41(37(43)47)21-30-24-52-34(39-30)23-51-27(5)44)36(46)40-32(18-28-10-8-7-9-11-28)33(45)22-42(20-25(2)3)53(49,50)31-14-12-29(13-15-31)19-38-48/h7-15,19,24-26,32-33,35,45,48H,6,16-18,20-23H2,1-5H3,(H,40,46)/b38-19+/t26-,32-,33+,35-/m0/s1. The number of oxime groups is 1. The number of ether oxygens (including phenoxy) is 1. The van der Waals surface area contributed by atoms with Gasteiger partial charge in [0.05, 0.1) is 35.5 Å². The number of rotatable bonds is 19. The van der Waals surface area contributed by atoms with Crippen molar-refractivity contribution in [3.05, 3.63) is 81.8 Å². The van der Waals surface area contributed by atoms with Crippen LogP contribution in [-0.4, -0.2) is 106 Å². The molecule has 14 nitrogen and oxygen atoms in total. The summed E-state index contributed by atoms with van der Waals surface area (Å²) in [5.41, 5.74) is 1.99. The van der Waals surface area contributed by atoms with E-state index in [0.717, 1.165) is 5.56 Å². The first-order valence-electron chi connectivity index (χ1n) is 17.7. The summed E-state index contributed by atoms with van der Waals surface area (Å²) >= 11 is 1.33. The number of urea groups is 1. The molecule has 0 aliphatic carbocycles. The Morgan fingerprint density at radius 3 is 2.42 bits per heavy atom. The molecule has 4 atom stereocenters. The lowest BCUT2D eigenvalue weighted by atomic mass is 9.95. The summed E-state index contributed by atoms with van der Waals surface area (Å²) in [5.74, 6) is -1.16. The first kappa shape index (κ1) is 41.4. The number of sulfonamides is 1. The van der Waals surface area contributed by atoms with Crippen molar-refractivity contribution < 1.29 is 37.9 Å². The SMILES string of the molecule is CC[C@H](C)[C@@H](C(=O)N[C@@H](Cc1ccccc1)[C@H](O)CN(CC(C)C)S(=O)(=O)c1ccc(/C=N/O)cc1)N1CCN(Cc2csc(COC(C)=O)n2)C1=O. The fourth-order valence-electron chi connectivity index (χ4n) is 6.16. The number of benzene rings is 2. The second-order valence-corrected chi connectivity index (χ2v) is 16.5. The van der Waals surface area contributed by atoms with Crippen LogP contribution in [0.3, 0.4) is 0 Å². The van der Waals surface area contributed by atoms with Crippen molar-refractivity contribution in [3.8, 4) is 0 Å². The highest BCUT2D eigenvalue weighted by Gasteiger charge is 2.41. The van der Waals surface area contributed by atoms with Crippen molar-refractivity contribution in [2.75, 3.05) is 26.2 Å². The van der Waals surface area contributed by atoms with E-state index in [-0.39, 0.29) is 55.4 Å². The van der Waals surface area contributed by atoms with E-state index >= 15 is 0 Å². The molecule has 1 aromatic heterocycles. The first-order valence-corrected chi connectivity index (χ1v) is 20.0. The van der Waals surface area contributed by atoms with Gasteiger partial charge in [-0.15, -0.1) is 11.3 Å². The molecule has 0 spiro atoms. The van der Waals surface area contributed by atoms with Gasteiger partial charge in [0.15, 0.2) is 0 Å². The van der Waals surface area contributed by atoms with E-state index in [2.05, 4.69) is 15.5 Å². The second-order valence-electron chi connectivity index (χ2n) is 13.6. The Bertz CT molecular complexity index is 1800. The highest BCUT2D eigenvalue weighted by Crippen LogP contribution is 2.25. The van der Waals surface area contributed by atoms with Crippen molar-refractivity contribution in [1.29, 1.82) is 0 Å². The van der Waals surface area contributed by atoms with E-state index < -0.39 is 40.1 Å². The molecule has 288 valence electrons. The molecule has 3 aromatic rings. The number of aliphatic hydroxyl groups is 1. The maximum Gasteiger partial charge on any atom is 0.321 e. The molecule has 1 saturated heterocycles. The Kier molecular flexibility index (Phi) is 14.9. The molecule has 0 radical (unpaired) electrons. The van der Waals surface area contributed by atoms with Crippen LogP contribution >= 0.6 is 11.3 Å². The number of hydrogen-bond acceptors (Lipinski definition) is 11. The summed E-state index contributed by atoms with van der Waals surface area (Å²) in [4.78, 5) is 47.0. The lowest BCUT2D eigenvalue weighted by Gasteiger charge is -2.35. The number of amides is 3. The molecule has 0 unspecified atom stereocenters. The van der Waals surface area contributed by atoms with Gasteiger partial charge >= 0.3 is 12.0 Å². The van der Waals surface area contributed by atoms with E-state index in [1.807, 2.05) is 63.4 Å². The van der Waals surface area contributed by atoms with Gasteiger partial charge < -0.3 is 30.2 Å². The number of thiazole rings is 1. The van der Waals surface area contributed by atoms with Gasteiger partial charge in [0.2, 0.25) is 15.9 Å². The number of nitrogens with zero attached hydrogens (tertiary/aromatic N) is 5. The molecule has 2 aromatic carbocycles. The van der Waals surface area contributed by atoms with Crippen LogP contribution in [0.1, 0.15) is 62.9 Å². The van der Waals surface area contributed by atoms with Crippen molar-refractivity contribution >= 4 is 45.5 Å². The lowest BCUT2D eigenvalue weighted by Crippen LogP contribution is -2.57. The second kappa shape index (κ2) is 19.1. The molecular weight excluding hydrogens is 721 g/mol. The quantitative estimate of drug-likeness (QED) is 0.0700. The van der Waals surface area contributed by atoms with Gasteiger partial charge in [-0.25, -0.2) is 18.2 Å². The molecular formula is C37H50N6O8S2. The van der Waals surface area contributed by atoms with E-state index in [1.165, 1.54) is 53.0 Å². The highest BCUT2D eigenvalue weighted by atomic mass is 32.2. The van der Waals surface area contributed by atoms with Crippen LogP contribution in [0, 0.1) is 11.8 Å². The van der Waals surface area contributed by atoms with Gasteiger partial charge in [-0.05, 0) is 41.5 Å². The molecule has 53 heavy (non-hydrogen) atoms. The zero-order valence-electron chi connectivity index (χ0n) is 30.8. The number of carbonyl (C=O) groups is 3. The zero-order valence-corrected chi connectivity index (χ0v) is 32.4. The number of aliphatic hydroxyl groups excluding tert-OH is 1. The van der Waals surface area contributed by atoms with Gasteiger partial charge in [-0.3, -0.25) is 9.59 Å². The first-order chi connectivity index (χ1) is 25.2. The predicted molar refractivity (Wildman–Crippen MR) is 201 cm³/mol. The van der Waals surface area contributed by atoms with Crippen molar-refractivity contribution in [1.82, 2.24) is 24.4 Å². The molecule has 0 bridgehead atoms. The van der Waals surface area contributed by atoms with Crippen LogP contribution in [0.5, 0.6) is 0 Å². The summed E-state index contributed by atoms with van der Waals surface area (Å²) in [5, 5.41) is 29.1. The van der Waals surface area contributed by atoms with Gasteiger partial charge in [0.1, 0.15) is 17.7 Å². The fourth-order valence-corrected chi connectivity index (χ4v) is 8.48. The predicted octanol–water partition coefficient (Wildman–Crippen LogP) is 4.10. The number of aromatic nitrogens is 1. The molecule has 16 heteroatoms. The topological polar surface area (TPSA) is 182 Å². The normalized spacial score (nSPS) is 16.0. The Hall–Kier alpha value is -4.38. The summed E-state index contributed by atoms with van der Waals surface area (Å²) in [7, 11) is -4.08. The van der Waals surface area contributed by atoms with Crippen LogP contribution in [0.2, 0.25) is 0 Å². The molecule has 1 aliphatic rings. The minimum absolute atomic E-state index is 0.0105. The third kappa shape index (κ3) is 11.3. The number of nitrogens with one attached hydrogen (secondary N) is 1. The number of hydrogen-bond donors (Lipinski definition) is 3. The molecule has 1 fully saturated rings. The molecule has 4 rings (SSSR count). The van der Waals surface area contributed by atoms with Crippen LogP contribution in [0.15, 0.2) is 70.0 Å². The summed E-state index contributed by atoms with van der Waals surface area (Å²) in [6.07, 6.45) is 0.686. The van der Waals surface area contributed by atoms with E-state index in [0.29, 0.717) is 35.8 Å². The van der Waals surface area contributed by atoms with Crippen LogP contribution in [0.4, 0.5) is 4.79 Å². The third-order valence-electron chi connectivity index (χ3n) is 9.04. The number of esters is 1. The van der Waals surface area contributed by atoms with Gasteiger partial charge in [-0.1, -0.05) is 81.7 Å². The summed E-state index contributed by atoms with van der Waals surface area (Å²) in [6, 6.07) is 13.1. The molecule has 2 heterocycles. The Labute approximate surface area is 315 Å². The third-order valence-corrected chi connectivity index (χ3v) is 11.8. The maximum absolute atomic E-state index is 14.3. The van der Waals surface area contributed by atoms with Crippen LogP contribution in [0.25, 0.3) is 0 Å². The van der Waals surface area contributed by atoms with Crippen molar-refractivity contribution in [3.63, 3.8) is 0 Å². The fraction of sp³-hybridized carbons (Fsp3) is 0.486. The average molecular weight is 771 g/mol. The Balaban J connectivity index is 1.56. The molecule has 3 N–H and O–H groups in total. The summed E-state index contributed by atoms with van der Waals surface area (Å²) < 4.78 is 34.1. The number of carbonyl (C=O) groups excluding carboxylic acids is 3. The van der Waals surface area contributed by atoms with E-state index in [1.54, 1.807) is 9.80 Å². The van der Waals surface area contributed by atoms with Crippen molar-refractivity contribution in [2.24, 2.45) is 17.0 Å². The van der Waals surface area contributed by atoms with Gasteiger partial charge in [0.25, 0.3) is 0 Å². The average Bonchev–Trinajstić information content (AvgIpc) is 3.73. The van der Waals surface area contributed by atoms with E-state index in [9.17, 15) is 27.9 Å². The molecule has 3 amide bonds. The summed E-state index contributed by atoms with van der Waals surface area (Å²) in [6.45, 7) is 9.71. The molecule has 1 aliphatic heterocycles. The van der Waals surface area contributed by atoms with Crippen molar-refractivity contribution in [2.45, 2.75) is 83.7 Å². The lowest BCUT2D eigenvalue weighted by molar-refractivity contribution is -0.142. The largest absolute Gasteiger partial charge is 0.458 e. The van der Waals surface area contributed by atoms with Crippen LogP contribution in [-0.2, 0) is 43.9 Å². The Morgan fingerprint density at radius 1 is 1.09 bits per heavy atom. The zero-order chi connectivity index (χ0) is 38.7. The monoisotopic (exact) mass is 770 g/mol. The van der Waals surface area contributed by atoms with Crippen LogP contribution < -0.4 is 5.32 Å². The highest BCUT2D eigenvalue weighted by molar-refractivity contribution is 7.89.